The van der Waals surface area contributed by atoms with Gasteiger partial charge in [-0.1, -0.05) is 29.8 Å². The molecule has 0 aromatic heterocycles. The highest BCUT2D eigenvalue weighted by Gasteiger charge is 2.36. The van der Waals surface area contributed by atoms with Gasteiger partial charge in [-0.2, -0.15) is 0 Å². The Morgan fingerprint density at radius 1 is 1.33 bits per heavy atom. The van der Waals surface area contributed by atoms with Crippen molar-refractivity contribution in [3.63, 3.8) is 0 Å². The van der Waals surface area contributed by atoms with Crippen LogP contribution in [0.3, 0.4) is 0 Å². The van der Waals surface area contributed by atoms with E-state index in [0.29, 0.717) is 10.6 Å². The van der Waals surface area contributed by atoms with Crippen molar-refractivity contribution in [2.45, 2.75) is 32.4 Å². The number of benzene rings is 1. The third-order valence-corrected chi connectivity index (χ3v) is 4.23. The Morgan fingerprint density at radius 3 is 2.24 bits per heavy atom. The van der Waals surface area contributed by atoms with Gasteiger partial charge >= 0.3 is 6.09 Å². The van der Waals surface area contributed by atoms with Gasteiger partial charge in [0, 0.05) is 16.8 Å². The fraction of sp³-hybridized carbons (Fsp3) is 0.500. The number of hydrogen-bond acceptors (Lipinski definition) is 3. The smallest absolute Gasteiger partial charge is 0.408 e. The molecule has 118 valence electrons. The van der Waals surface area contributed by atoms with Crippen LogP contribution in [0, 0.1) is 0 Å². The molecule has 5 nitrogen and oxygen atoms in total. The van der Waals surface area contributed by atoms with E-state index in [4.69, 9.17) is 11.6 Å². The van der Waals surface area contributed by atoms with Crippen LogP contribution < -0.4 is 0 Å². The topological polar surface area (TPSA) is 74.7 Å². The lowest BCUT2D eigenvalue weighted by molar-refractivity contribution is 0.0762. The number of nitrogens with zero attached hydrogens (tertiary/aromatic N) is 1. The number of sulfone groups is 1. The highest BCUT2D eigenvalue weighted by molar-refractivity contribution is 7.90. The molecule has 0 radical (unpaired) electrons. The molecule has 0 bridgehead atoms. The van der Waals surface area contributed by atoms with Crippen molar-refractivity contribution in [1.82, 2.24) is 4.90 Å². The van der Waals surface area contributed by atoms with Crippen LogP contribution in [0.2, 0.25) is 5.02 Å². The summed E-state index contributed by atoms with van der Waals surface area (Å²) in [6, 6.07) is 5.84. The van der Waals surface area contributed by atoms with Gasteiger partial charge in [-0.15, -0.1) is 0 Å². The van der Waals surface area contributed by atoms with E-state index in [2.05, 4.69) is 0 Å². The minimum Gasteiger partial charge on any atom is -0.465 e. The van der Waals surface area contributed by atoms with Crippen molar-refractivity contribution in [1.29, 1.82) is 0 Å². The first-order valence-electron chi connectivity index (χ1n) is 6.38. The summed E-state index contributed by atoms with van der Waals surface area (Å²) in [5.74, 6) is -0.319. The van der Waals surface area contributed by atoms with Gasteiger partial charge < -0.3 is 5.11 Å². The van der Waals surface area contributed by atoms with Gasteiger partial charge in [-0.3, -0.25) is 4.90 Å². The van der Waals surface area contributed by atoms with Crippen LogP contribution in [0.1, 0.15) is 32.4 Å². The second-order valence-electron chi connectivity index (χ2n) is 5.95. The van der Waals surface area contributed by atoms with Crippen LogP contribution in [-0.2, 0) is 9.84 Å². The molecule has 0 saturated carbocycles. The Morgan fingerprint density at radius 2 is 1.86 bits per heavy atom. The number of carbonyl (C=O) groups is 1. The third kappa shape index (κ3) is 4.89. The molecular formula is C14H20ClNO4S. The number of rotatable bonds is 4. The normalized spacial score (nSPS) is 13.8. The number of hydrogen-bond donors (Lipinski definition) is 1. The fourth-order valence-electron chi connectivity index (χ4n) is 2.22. The molecule has 1 N–H and O–H groups in total. The summed E-state index contributed by atoms with van der Waals surface area (Å²) in [6.45, 7) is 5.15. The molecule has 1 aromatic rings. The summed E-state index contributed by atoms with van der Waals surface area (Å²) in [4.78, 5) is 12.8. The molecule has 0 fully saturated rings. The largest absolute Gasteiger partial charge is 0.465 e. The highest BCUT2D eigenvalue weighted by Crippen LogP contribution is 2.33. The average molecular weight is 334 g/mol. The van der Waals surface area contributed by atoms with E-state index in [0.717, 1.165) is 11.2 Å². The molecule has 0 spiro atoms. The van der Waals surface area contributed by atoms with E-state index in [1.54, 1.807) is 45.0 Å². The Bertz CT molecular complexity index is 622. The average Bonchev–Trinajstić information content (AvgIpc) is 2.24. The van der Waals surface area contributed by atoms with Gasteiger partial charge in [0.05, 0.1) is 11.8 Å². The van der Waals surface area contributed by atoms with Gasteiger partial charge in [0.25, 0.3) is 0 Å². The van der Waals surface area contributed by atoms with Gasteiger partial charge in [-0.05, 0) is 32.4 Å². The van der Waals surface area contributed by atoms with E-state index >= 15 is 0 Å². The van der Waals surface area contributed by atoms with Crippen LogP contribution in [0.5, 0.6) is 0 Å². The molecule has 0 aliphatic carbocycles. The standard InChI is InChI=1S/C14H20ClNO4S/c1-14(2,3)16(13(17)18)12(9-21(4,19)20)10-7-5-6-8-11(10)15/h5-8,12H,9H2,1-4H3,(H,17,18). The zero-order chi connectivity index (χ0) is 16.4. The Labute approximate surface area is 130 Å². The monoisotopic (exact) mass is 333 g/mol. The number of amides is 1. The Balaban J connectivity index is 3.45. The van der Waals surface area contributed by atoms with Crippen LogP contribution in [0.15, 0.2) is 24.3 Å². The maximum absolute atomic E-state index is 11.7. The summed E-state index contributed by atoms with van der Waals surface area (Å²) in [7, 11) is -3.39. The molecule has 1 amide bonds. The van der Waals surface area contributed by atoms with E-state index in [9.17, 15) is 18.3 Å². The van der Waals surface area contributed by atoms with E-state index in [1.807, 2.05) is 0 Å². The summed E-state index contributed by atoms with van der Waals surface area (Å²) in [5, 5.41) is 9.87. The summed E-state index contributed by atoms with van der Waals surface area (Å²) in [6.07, 6.45) is -0.101. The minimum atomic E-state index is -3.39. The second-order valence-corrected chi connectivity index (χ2v) is 8.55. The van der Waals surface area contributed by atoms with Crippen molar-refractivity contribution in [2.24, 2.45) is 0 Å². The number of halogens is 1. The molecule has 1 rings (SSSR count). The maximum Gasteiger partial charge on any atom is 0.408 e. The van der Waals surface area contributed by atoms with Gasteiger partial charge in [0.2, 0.25) is 0 Å². The first-order valence-corrected chi connectivity index (χ1v) is 8.82. The molecule has 0 aliphatic rings. The van der Waals surface area contributed by atoms with Crippen molar-refractivity contribution in [3.8, 4) is 0 Å². The predicted octanol–water partition coefficient (Wildman–Crippen LogP) is 3.20. The van der Waals surface area contributed by atoms with Crippen molar-refractivity contribution in [3.05, 3.63) is 34.9 Å². The van der Waals surface area contributed by atoms with Crippen molar-refractivity contribution >= 4 is 27.5 Å². The highest BCUT2D eigenvalue weighted by atomic mass is 35.5. The predicted molar refractivity (Wildman–Crippen MR) is 83.5 cm³/mol. The molecule has 1 aromatic carbocycles. The molecule has 21 heavy (non-hydrogen) atoms. The van der Waals surface area contributed by atoms with Gasteiger partial charge in [0.15, 0.2) is 0 Å². The van der Waals surface area contributed by atoms with Crippen LogP contribution in [0.4, 0.5) is 4.79 Å². The van der Waals surface area contributed by atoms with Gasteiger partial charge in [0.1, 0.15) is 9.84 Å². The van der Waals surface area contributed by atoms with Crippen LogP contribution in [0.25, 0.3) is 0 Å². The number of carboxylic acid groups (broad SMARTS) is 1. The van der Waals surface area contributed by atoms with Crippen molar-refractivity contribution in [2.75, 3.05) is 12.0 Å². The lowest BCUT2D eigenvalue weighted by Gasteiger charge is -2.39. The van der Waals surface area contributed by atoms with Crippen molar-refractivity contribution < 1.29 is 18.3 Å². The first-order chi connectivity index (χ1) is 9.43. The van der Waals surface area contributed by atoms with E-state index in [1.165, 1.54) is 0 Å². The molecule has 0 aliphatic heterocycles. The van der Waals surface area contributed by atoms with Crippen LogP contribution >= 0.6 is 11.6 Å². The summed E-state index contributed by atoms with van der Waals surface area (Å²) < 4.78 is 23.4. The zero-order valence-corrected chi connectivity index (χ0v) is 14.1. The molecule has 0 heterocycles. The quantitative estimate of drug-likeness (QED) is 0.918. The van der Waals surface area contributed by atoms with Gasteiger partial charge in [-0.25, -0.2) is 13.2 Å². The lowest BCUT2D eigenvalue weighted by Crippen LogP contribution is -2.49. The summed E-state index contributed by atoms with van der Waals surface area (Å²) >= 11 is 6.13. The first kappa shape index (κ1) is 17.8. The molecule has 0 saturated heterocycles. The van der Waals surface area contributed by atoms with E-state index in [-0.39, 0.29) is 5.75 Å². The molecule has 1 unspecified atom stereocenters. The maximum atomic E-state index is 11.7. The SMILES string of the molecule is CC(C)(C)N(C(=O)O)C(CS(C)(=O)=O)c1ccccc1Cl. The zero-order valence-electron chi connectivity index (χ0n) is 12.5. The van der Waals surface area contributed by atoms with E-state index < -0.39 is 27.5 Å². The lowest BCUT2D eigenvalue weighted by atomic mass is 9.99. The fourth-order valence-corrected chi connectivity index (χ4v) is 3.39. The minimum absolute atomic E-state index is 0.319. The third-order valence-electron chi connectivity index (χ3n) is 2.97. The molecule has 7 heteroatoms. The Kier molecular flexibility index (Phi) is 5.28. The molecule has 1 atom stereocenters. The molecular weight excluding hydrogens is 314 g/mol. The summed E-state index contributed by atoms with van der Waals surface area (Å²) in [5.41, 5.74) is -0.276. The Hall–Kier alpha value is -1.27. The van der Waals surface area contributed by atoms with Crippen LogP contribution in [-0.4, -0.2) is 42.1 Å². The second kappa shape index (κ2) is 6.23.